The van der Waals surface area contributed by atoms with Crippen LogP contribution in [-0.4, -0.2) is 11.5 Å². The van der Waals surface area contributed by atoms with Gasteiger partial charge in [-0.15, -0.1) is 0 Å². The van der Waals surface area contributed by atoms with Crippen LogP contribution in [0.2, 0.25) is 0 Å². The minimum Gasteiger partial charge on any atom is -0.0944 e. The van der Waals surface area contributed by atoms with Gasteiger partial charge in [0.2, 0.25) is 0 Å². The van der Waals surface area contributed by atoms with Crippen LogP contribution in [0.3, 0.4) is 0 Å². The van der Waals surface area contributed by atoms with Gasteiger partial charge in [-0.1, -0.05) is 40.7 Å². The van der Waals surface area contributed by atoms with Crippen LogP contribution in [0.5, 0.6) is 0 Å². The molecule has 0 saturated carbocycles. The standard InChI is InChI=1S/C7H14S2/c1-3-5-6-7-9-8-4-2/h3,5H,4,6-7H2,1-2H3/b5-3+. The van der Waals surface area contributed by atoms with Crippen molar-refractivity contribution in [2.75, 3.05) is 11.5 Å². The van der Waals surface area contributed by atoms with Crippen molar-refractivity contribution in [1.82, 2.24) is 0 Å². The molecule has 9 heavy (non-hydrogen) atoms. The fraction of sp³-hybridized carbons (Fsp3) is 0.714. The number of rotatable bonds is 5. The molecule has 0 aromatic carbocycles. The molecule has 0 aliphatic heterocycles. The fourth-order valence-electron chi connectivity index (χ4n) is 0.425. The Kier molecular flexibility index (Phi) is 8.85. The number of hydrogen-bond donors (Lipinski definition) is 0. The van der Waals surface area contributed by atoms with Crippen molar-refractivity contribution in [3.8, 4) is 0 Å². The molecular formula is C7H14S2. The molecule has 0 saturated heterocycles. The van der Waals surface area contributed by atoms with E-state index in [1.165, 1.54) is 17.9 Å². The molecule has 0 aromatic heterocycles. The predicted molar refractivity (Wildman–Crippen MR) is 50.0 cm³/mol. The van der Waals surface area contributed by atoms with Crippen molar-refractivity contribution in [3.05, 3.63) is 12.2 Å². The summed E-state index contributed by atoms with van der Waals surface area (Å²) in [7, 11) is 3.90. The van der Waals surface area contributed by atoms with Gasteiger partial charge < -0.3 is 0 Å². The summed E-state index contributed by atoms with van der Waals surface area (Å²) >= 11 is 0. The Bertz CT molecular complexity index is 69.3. The van der Waals surface area contributed by atoms with E-state index in [1.807, 2.05) is 21.6 Å². The first-order valence-electron chi connectivity index (χ1n) is 3.27. The normalized spacial score (nSPS) is 10.9. The highest BCUT2D eigenvalue weighted by Gasteiger charge is 1.82. The van der Waals surface area contributed by atoms with Gasteiger partial charge in [-0.3, -0.25) is 0 Å². The molecule has 54 valence electrons. The fourth-order valence-corrected chi connectivity index (χ4v) is 2.08. The van der Waals surface area contributed by atoms with Crippen molar-refractivity contribution >= 4 is 21.6 Å². The highest BCUT2D eigenvalue weighted by Crippen LogP contribution is 2.20. The summed E-state index contributed by atoms with van der Waals surface area (Å²) in [5.74, 6) is 2.48. The van der Waals surface area contributed by atoms with E-state index in [2.05, 4.69) is 26.0 Å². The quantitative estimate of drug-likeness (QED) is 0.345. The third-order valence-corrected chi connectivity index (χ3v) is 3.32. The highest BCUT2D eigenvalue weighted by atomic mass is 33.1. The zero-order valence-corrected chi connectivity index (χ0v) is 7.73. The molecule has 0 nitrogen and oxygen atoms in total. The first kappa shape index (κ1) is 9.44. The van der Waals surface area contributed by atoms with Crippen LogP contribution in [-0.2, 0) is 0 Å². The maximum Gasteiger partial charge on any atom is 0.00715 e. The van der Waals surface area contributed by atoms with Crippen LogP contribution in [0.4, 0.5) is 0 Å². The SMILES string of the molecule is C/C=C/CCSSCC. The lowest BCUT2D eigenvalue weighted by molar-refractivity contribution is 1.24. The molecule has 0 bridgehead atoms. The number of allylic oxidation sites excluding steroid dienone is 2. The zero-order chi connectivity index (χ0) is 6.95. The molecule has 0 heterocycles. The molecule has 0 atom stereocenters. The van der Waals surface area contributed by atoms with E-state index >= 15 is 0 Å². The van der Waals surface area contributed by atoms with Crippen LogP contribution in [0.1, 0.15) is 20.3 Å². The lowest BCUT2D eigenvalue weighted by Crippen LogP contribution is -1.70. The second kappa shape index (κ2) is 8.44. The summed E-state index contributed by atoms with van der Waals surface area (Å²) in [6, 6.07) is 0. The third-order valence-electron chi connectivity index (χ3n) is 0.805. The van der Waals surface area contributed by atoms with Crippen LogP contribution in [0.25, 0.3) is 0 Å². The second-order valence-corrected chi connectivity index (χ2v) is 4.46. The molecule has 0 aliphatic rings. The lowest BCUT2D eigenvalue weighted by Gasteiger charge is -1.92. The summed E-state index contributed by atoms with van der Waals surface area (Å²) < 4.78 is 0. The smallest absolute Gasteiger partial charge is 0.00715 e. The summed E-state index contributed by atoms with van der Waals surface area (Å²) in [4.78, 5) is 0. The van der Waals surface area contributed by atoms with Crippen molar-refractivity contribution < 1.29 is 0 Å². The Morgan fingerprint density at radius 3 is 2.67 bits per heavy atom. The van der Waals surface area contributed by atoms with E-state index in [4.69, 9.17) is 0 Å². The second-order valence-electron chi connectivity index (χ2n) is 1.59. The van der Waals surface area contributed by atoms with E-state index in [9.17, 15) is 0 Å². The van der Waals surface area contributed by atoms with Crippen LogP contribution >= 0.6 is 21.6 Å². The molecule has 0 unspecified atom stereocenters. The minimum absolute atomic E-state index is 1.22. The van der Waals surface area contributed by atoms with Gasteiger partial charge in [0, 0.05) is 11.5 Å². The van der Waals surface area contributed by atoms with E-state index in [1.54, 1.807) is 0 Å². The summed E-state index contributed by atoms with van der Waals surface area (Å²) in [5, 5.41) is 0. The Hall–Kier alpha value is 0.440. The van der Waals surface area contributed by atoms with E-state index in [0.29, 0.717) is 0 Å². The molecule has 0 rings (SSSR count). The average molecular weight is 162 g/mol. The lowest BCUT2D eigenvalue weighted by atomic mass is 10.4. The number of hydrogen-bond acceptors (Lipinski definition) is 2. The molecular weight excluding hydrogens is 148 g/mol. The molecule has 2 heteroatoms. The van der Waals surface area contributed by atoms with Crippen molar-refractivity contribution in [2.45, 2.75) is 20.3 Å². The van der Waals surface area contributed by atoms with Crippen molar-refractivity contribution in [2.24, 2.45) is 0 Å². The van der Waals surface area contributed by atoms with Gasteiger partial charge in [0.25, 0.3) is 0 Å². The van der Waals surface area contributed by atoms with Crippen LogP contribution in [0, 0.1) is 0 Å². The predicted octanol–water partition coefficient (Wildman–Crippen LogP) is 3.35. The maximum atomic E-state index is 2.21. The van der Waals surface area contributed by atoms with E-state index in [0.717, 1.165) is 0 Å². The molecule has 0 fully saturated rings. The van der Waals surface area contributed by atoms with Gasteiger partial charge in [-0.05, 0) is 13.3 Å². The Balaban J connectivity index is 2.75. The molecule has 0 aromatic rings. The van der Waals surface area contributed by atoms with Gasteiger partial charge in [0.05, 0.1) is 0 Å². The first-order valence-corrected chi connectivity index (χ1v) is 5.76. The Labute approximate surface area is 65.9 Å². The monoisotopic (exact) mass is 162 g/mol. The zero-order valence-electron chi connectivity index (χ0n) is 6.09. The summed E-state index contributed by atoms with van der Waals surface area (Å²) in [6.45, 7) is 4.25. The van der Waals surface area contributed by atoms with Crippen LogP contribution in [0.15, 0.2) is 12.2 Å². The average Bonchev–Trinajstić information content (AvgIpc) is 1.89. The third kappa shape index (κ3) is 8.44. The van der Waals surface area contributed by atoms with Gasteiger partial charge in [-0.2, -0.15) is 0 Å². The molecule has 0 amide bonds. The topological polar surface area (TPSA) is 0 Å². The maximum absolute atomic E-state index is 2.21. The Morgan fingerprint density at radius 2 is 2.11 bits per heavy atom. The van der Waals surface area contributed by atoms with Crippen LogP contribution < -0.4 is 0 Å². The molecule has 0 aliphatic carbocycles. The summed E-state index contributed by atoms with van der Waals surface area (Å²) in [6.07, 6.45) is 5.54. The minimum atomic E-state index is 1.22. The first-order chi connectivity index (χ1) is 4.41. The highest BCUT2D eigenvalue weighted by molar-refractivity contribution is 8.76. The molecule has 0 N–H and O–H groups in total. The van der Waals surface area contributed by atoms with E-state index < -0.39 is 0 Å². The van der Waals surface area contributed by atoms with Gasteiger partial charge in [0.15, 0.2) is 0 Å². The van der Waals surface area contributed by atoms with E-state index in [-0.39, 0.29) is 0 Å². The Morgan fingerprint density at radius 1 is 1.33 bits per heavy atom. The molecule has 0 radical (unpaired) electrons. The van der Waals surface area contributed by atoms with Gasteiger partial charge >= 0.3 is 0 Å². The molecule has 0 spiro atoms. The van der Waals surface area contributed by atoms with Crippen molar-refractivity contribution in [3.63, 3.8) is 0 Å². The van der Waals surface area contributed by atoms with Crippen molar-refractivity contribution in [1.29, 1.82) is 0 Å². The largest absolute Gasteiger partial charge is 0.0944 e. The summed E-state index contributed by atoms with van der Waals surface area (Å²) in [5.41, 5.74) is 0. The van der Waals surface area contributed by atoms with Gasteiger partial charge in [-0.25, -0.2) is 0 Å². The van der Waals surface area contributed by atoms with Gasteiger partial charge in [0.1, 0.15) is 0 Å².